The van der Waals surface area contributed by atoms with Crippen LogP contribution in [0.1, 0.15) is 11.1 Å². The second-order valence-electron chi connectivity index (χ2n) is 6.42. The second kappa shape index (κ2) is 4.97. The standard InChI is InChI=1S/C23H16O/c24-19-10-9-16-11-18-14-23-20(15-5-2-1-3-6-15)7-4-8-21(23)22(18)13-17(16)12-19/h1-13,24H,14H2. The van der Waals surface area contributed by atoms with E-state index in [1.54, 1.807) is 6.07 Å². The molecule has 1 N–H and O–H groups in total. The van der Waals surface area contributed by atoms with Gasteiger partial charge >= 0.3 is 0 Å². The number of fused-ring (bicyclic) bond motifs is 4. The van der Waals surface area contributed by atoms with Crippen LogP contribution in [0.5, 0.6) is 5.75 Å². The van der Waals surface area contributed by atoms with Gasteiger partial charge in [0.05, 0.1) is 0 Å². The van der Waals surface area contributed by atoms with Crippen LogP contribution in [0.3, 0.4) is 0 Å². The van der Waals surface area contributed by atoms with Crippen molar-refractivity contribution in [3.05, 3.63) is 90.0 Å². The Balaban J connectivity index is 1.75. The largest absolute Gasteiger partial charge is 0.508 e. The molecule has 0 aromatic heterocycles. The Morgan fingerprint density at radius 3 is 2.33 bits per heavy atom. The van der Waals surface area contributed by atoms with Gasteiger partial charge < -0.3 is 5.11 Å². The zero-order valence-corrected chi connectivity index (χ0v) is 13.2. The van der Waals surface area contributed by atoms with Gasteiger partial charge in [-0.1, -0.05) is 60.7 Å². The van der Waals surface area contributed by atoms with Gasteiger partial charge in [-0.3, -0.25) is 0 Å². The van der Waals surface area contributed by atoms with Gasteiger partial charge in [-0.05, 0) is 68.8 Å². The van der Waals surface area contributed by atoms with E-state index in [4.69, 9.17) is 0 Å². The molecular weight excluding hydrogens is 292 g/mol. The molecular formula is C23H16O. The third kappa shape index (κ3) is 1.95. The zero-order valence-electron chi connectivity index (χ0n) is 13.2. The molecule has 24 heavy (non-hydrogen) atoms. The predicted molar refractivity (Wildman–Crippen MR) is 99.3 cm³/mol. The molecule has 0 spiro atoms. The Morgan fingerprint density at radius 2 is 1.46 bits per heavy atom. The van der Waals surface area contributed by atoms with Gasteiger partial charge in [0.15, 0.2) is 0 Å². The molecule has 0 bridgehead atoms. The van der Waals surface area contributed by atoms with E-state index in [-0.39, 0.29) is 0 Å². The molecule has 0 atom stereocenters. The van der Waals surface area contributed by atoms with E-state index in [1.807, 2.05) is 12.1 Å². The summed E-state index contributed by atoms with van der Waals surface area (Å²) in [5.41, 5.74) is 7.96. The van der Waals surface area contributed by atoms with Crippen molar-refractivity contribution in [1.82, 2.24) is 0 Å². The molecule has 4 aromatic rings. The first kappa shape index (κ1) is 13.4. The van der Waals surface area contributed by atoms with Crippen LogP contribution in [0.2, 0.25) is 0 Å². The average molecular weight is 308 g/mol. The molecule has 0 radical (unpaired) electrons. The summed E-state index contributed by atoms with van der Waals surface area (Å²) in [6.45, 7) is 0. The number of rotatable bonds is 1. The molecule has 1 aliphatic carbocycles. The third-order valence-electron chi connectivity index (χ3n) is 4.96. The summed E-state index contributed by atoms with van der Waals surface area (Å²) in [6, 6.07) is 27.2. The monoisotopic (exact) mass is 308 g/mol. The first-order valence-corrected chi connectivity index (χ1v) is 8.23. The minimum absolute atomic E-state index is 0.318. The molecule has 1 nitrogen and oxygen atoms in total. The van der Waals surface area contributed by atoms with Crippen molar-refractivity contribution < 1.29 is 5.11 Å². The molecule has 5 rings (SSSR count). The molecule has 1 aliphatic rings. The number of hydrogen-bond acceptors (Lipinski definition) is 1. The Kier molecular flexibility index (Phi) is 2.77. The molecule has 0 saturated carbocycles. The number of hydrogen-bond donors (Lipinski definition) is 1. The lowest BCUT2D eigenvalue weighted by Crippen LogP contribution is -1.87. The number of benzene rings is 4. The maximum atomic E-state index is 9.77. The Labute approximate surface area is 140 Å². The maximum Gasteiger partial charge on any atom is 0.116 e. The Morgan fingerprint density at radius 1 is 0.625 bits per heavy atom. The average Bonchev–Trinajstić information content (AvgIpc) is 2.98. The summed E-state index contributed by atoms with van der Waals surface area (Å²) >= 11 is 0. The molecule has 0 saturated heterocycles. The molecule has 4 aromatic carbocycles. The van der Waals surface area contributed by atoms with Gasteiger partial charge in [-0.15, -0.1) is 0 Å². The fraction of sp³-hybridized carbons (Fsp3) is 0.0435. The van der Waals surface area contributed by atoms with Gasteiger partial charge in [-0.2, -0.15) is 0 Å². The van der Waals surface area contributed by atoms with Crippen LogP contribution >= 0.6 is 0 Å². The van der Waals surface area contributed by atoms with E-state index in [0.717, 1.165) is 11.8 Å². The van der Waals surface area contributed by atoms with Crippen LogP contribution in [0, 0.1) is 0 Å². The van der Waals surface area contributed by atoms with Gasteiger partial charge in [0.2, 0.25) is 0 Å². The van der Waals surface area contributed by atoms with E-state index < -0.39 is 0 Å². The normalized spacial score (nSPS) is 12.2. The van der Waals surface area contributed by atoms with E-state index in [9.17, 15) is 5.11 Å². The smallest absolute Gasteiger partial charge is 0.116 e. The van der Waals surface area contributed by atoms with E-state index in [1.165, 1.54) is 38.8 Å². The lowest BCUT2D eigenvalue weighted by atomic mass is 9.96. The van der Waals surface area contributed by atoms with E-state index in [0.29, 0.717) is 5.75 Å². The fourth-order valence-electron chi connectivity index (χ4n) is 3.84. The highest BCUT2D eigenvalue weighted by Crippen LogP contribution is 2.43. The lowest BCUT2D eigenvalue weighted by molar-refractivity contribution is 0.476. The van der Waals surface area contributed by atoms with Crippen LogP contribution < -0.4 is 0 Å². The summed E-state index contributed by atoms with van der Waals surface area (Å²) in [5, 5.41) is 12.0. The summed E-state index contributed by atoms with van der Waals surface area (Å²) in [4.78, 5) is 0. The van der Waals surface area contributed by atoms with Crippen LogP contribution in [0.15, 0.2) is 78.9 Å². The van der Waals surface area contributed by atoms with E-state index in [2.05, 4.69) is 60.7 Å². The molecule has 0 fully saturated rings. The highest BCUT2D eigenvalue weighted by atomic mass is 16.3. The lowest BCUT2D eigenvalue weighted by Gasteiger charge is -2.08. The number of phenols is 1. The second-order valence-corrected chi connectivity index (χ2v) is 6.42. The Hall–Kier alpha value is -3.06. The van der Waals surface area contributed by atoms with Crippen molar-refractivity contribution in [3.63, 3.8) is 0 Å². The van der Waals surface area contributed by atoms with Gasteiger partial charge in [0.1, 0.15) is 5.75 Å². The highest BCUT2D eigenvalue weighted by Gasteiger charge is 2.22. The summed E-state index contributed by atoms with van der Waals surface area (Å²) in [7, 11) is 0. The van der Waals surface area contributed by atoms with Crippen molar-refractivity contribution in [2.24, 2.45) is 0 Å². The molecule has 0 aliphatic heterocycles. The maximum absolute atomic E-state index is 9.77. The number of phenolic OH excluding ortho intramolecular Hbond substituents is 1. The molecule has 1 heteroatoms. The molecule has 0 heterocycles. The first-order chi connectivity index (χ1) is 11.8. The quantitative estimate of drug-likeness (QED) is 0.416. The highest BCUT2D eigenvalue weighted by molar-refractivity contribution is 5.94. The summed E-state index contributed by atoms with van der Waals surface area (Å²) in [6.07, 6.45) is 0.965. The van der Waals surface area contributed by atoms with Crippen molar-refractivity contribution >= 4 is 10.8 Å². The molecule has 0 unspecified atom stereocenters. The van der Waals surface area contributed by atoms with Gasteiger partial charge in [0.25, 0.3) is 0 Å². The molecule has 114 valence electrons. The van der Waals surface area contributed by atoms with Crippen LogP contribution in [0.25, 0.3) is 33.0 Å². The third-order valence-corrected chi connectivity index (χ3v) is 4.96. The summed E-state index contributed by atoms with van der Waals surface area (Å²) in [5.74, 6) is 0.318. The van der Waals surface area contributed by atoms with Crippen LogP contribution in [0.4, 0.5) is 0 Å². The van der Waals surface area contributed by atoms with Crippen molar-refractivity contribution in [2.75, 3.05) is 0 Å². The SMILES string of the molecule is Oc1ccc2cc3c(cc2c1)-c1cccc(-c2ccccc2)c1C3. The van der Waals surface area contributed by atoms with Crippen molar-refractivity contribution in [3.8, 4) is 28.0 Å². The minimum atomic E-state index is 0.318. The first-order valence-electron chi connectivity index (χ1n) is 8.23. The predicted octanol–water partition coefficient (Wildman–Crippen LogP) is 5.78. The van der Waals surface area contributed by atoms with E-state index >= 15 is 0 Å². The zero-order chi connectivity index (χ0) is 16.1. The van der Waals surface area contributed by atoms with Crippen molar-refractivity contribution in [1.29, 1.82) is 0 Å². The minimum Gasteiger partial charge on any atom is -0.508 e. The topological polar surface area (TPSA) is 20.2 Å². The summed E-state index contributed by atoms with van der Waals surface area (Å²) < 4.78 is 0. The van der Waals surface area contributed by atoms with Gasteiger partial charge in [-0.25, -0.2) is 0 Å². The van der Waals surface area contributed by atoms with Crippen molar-refractivity contribution in [2.45, 2.75) is 6.42 Å². The van der Waals surface area contributed by atoms with Crippen LogP contribution in [-0.2, 0) is 6.42 Å². The number of aromatic hydroxyl groups is 1. The fourth-order valence-corrected chi connectivity index (χ4v) is 3.84. The Bertz CT molecular complexity index is 1080. The van der Waals surface area contributed by atoms with Crippen LogP contribution in [-0.4, -0.2) is 5.11 Å². The molecule has 0 amide bonds. The van der Waals surface area contributed by atoms with Gasteiger partial charge in [0, 0.05) is 0 Å².